The molecule has 5 nitrogen and oxygen atoms in total. The average molecular weight is 382 g/mol. The zero-order valence-electron chi connectivity index (χ0n) is 15.6. The molecule has 1 fully saturated rings. The van der Waals surface area contributed by atoms with Crippen LogP contribution in [0.5, 0.6) is 5.75 Å². The molecule has 1 aliphatic rings. The van der Waals surface area contributed by atoms with Crippen LogP contribution < -0.4 is 9.64 Å². The smallest absolute Gasteiger partial charge is 0.253 e. The van der Waals surface area contributed by atoms with Crippen LogP contribution in [0.4, 0.5) is 5.13 Å². The Morgan fingerprint density at radius 2 is 1.85 bits per heavy atom. The third-order valence-corrected chi connectivity index (χ3v) is 5.94. The van der Waals surface area contributed by atoms with Crippen LogP contribution in [0.2, 0.25) is 0 Å². The van der Waals surface area contributed by atoms with E-state index in [4.69, 9.17) is 9.72 Å². The van der Waals surface area contributed by atoms with E-state index in [1.165, 1.54) is 10.3 Å². The number of aromatic nitrogens is 1. The number of thiazole rings is 1. The highest BCUT2D eigenvalue weighted by molar-refractivity contribution is 7.22. The number of para-hydroxylation sites is 1. The van der Waals surface area contributed by atoms with Crippen molar-refractivity contribution < 1.29 is 9.53 Å². The quantitative estimate of drug-likeness (QED) is 0.686. The molecule has 2 heterocycles. The first-order valence-electron chi connectivity index (χ1n) is 9.29. The largest absolute Gasteiger partial charge is 0.494 e. The van der Waals surface area contributed by atoms with Gasteiger partial charge in [0.25, 0.3) is 5.91 Å². The highest BCUT2D eigenvalue weighted by atomic mass is 32.1. The molecular weight excluding hydrogens is 358 g/mol. The number of fused-ring (bicyclic) bond motifs is 1. The summed E-state index contributed by atoms with van der Waals surface area (Å²) in [5, 5.41) is 1.05. The van der Waals surface area contributed by atoms with Gasteiger partial charge in [0.2, 0.25) is 0 Å². The van der Waals surface area contributed by atoms with Crippen molar-refractivity contribution in [3.63, 3.8) is 0 Å². The molecule has 2 aromatic carbocycles. The van der Waals surface area contributed by atoms with Crippen LogP contribution in [-0.4, -0.2) is 48.6 Å². The van der Waals surface area contributed by atoms with Gasteiger partial charge in [-0.05, 0) is 49.7 Å². The molecule has 1 amide bonds. The molecule has 0 spiro atoms. The maximum Gasteiger partial charge on any atom is 0.253 e. The van der Waals surface area contributed by atoms with Gasteiger partial charge in [-0.15, -0.1) is 0 Å². The standard InChI is InChI=1S/C21H23N3O2S/c1-3-26-17-9-7-16(8-10-17)20(25)23-11-13-24(14-12-23)21-22-19-15(2)5-4-6-18(19)27-21/h4-10H,3,11-14H2,1-2H3. The van der Waals surface area contributed by atoms with E-state index in [1.807, 2.05) is 36.1 Å². The van der Waals surface area contributed by atoms with Crippen LogP contribution in [0.25, 0.3) is 10.2 Å². The predicted octanol–water partition coefficient (Wildman–Crippen LogP) is 3.97. The van der Waals surface area contributed by atoms with Crippen molar-refractivity contribution in [3.8, 4) is 5.75 Å². The number of hydrogen-bond donors (Lipinski definition) is 0. The first-order chi connectivity index (χ1) is 13.2. The minimum absolute atomic E-state index is 0.0813. The van der Waals surface area contributed by atoms with Gasteiger partial charge in [-0.3, -0.25) is 4.79 Å². The Bertz CT molecular complexity index is 944. The van der Waals surface area contributed by atoms with E-state index < -0.39 is 0 Å². The molecule has 4 rings (SSSR count). The van der Waals surface area contributed by atoms with Crippen molar-refractivity contribution in [2.45, 2.75) is 13.8 Å². The molecule has 140 valence electrons. The number of aryl methyl sites for hydroxylation is 1. The topological polar surface area (TPSA) is 45.7 Å². The molecule has 1 saturated heterocycles. The monoisotopic (exact) mass is 381 g/mol. The number of amides is 1. The Morgan fingerprint density at radius 3 is 2.52 bits per heavy atom. The molecule has 3 aromatic rings. The van der Waals surface area contributed by atoms with E-state index in [9.17, 15) is 4.79 Å². The summed E-state index contributed by atoms with van der Waals surface area (Å²) in [5.74, 6) is 0.878. The van der Waals surface area contributed by atoms with E-state index in [1.54, 1.807) is 11.3 Å². The molecule has 0 N–H and O–H groups in total. The Labute approximate surface area is 163 Å². The normalized spacial score (nSPS) is 14.6. The van der Waals surface area contributed by atoms with Crippen molar-refractivity contribution in [3.05, 3.63) is 53.6 Å². The minimum Gasteiger partial charge on any atom is -0.494 e. The zero-order valence-corrected chi connectivity index (χ0v) is 16.5. The summed E-state index contributed by atoms with van der Waals surface area (Å²) >= 11 is 1.73. The number of anilines is 1. The van der Waals surface area contributed by atoms with Gasteiger partial charge in [0.15, 0.2) is 5.13 Å². The summed E-state index contributed by atoms with van der Waals surface area (Å²) in [6.45, 7) is 7.70. The molecule has 0 unspecified atom stereocenters. The lowest BCUT2D eigenvalue weighted by molar-refractivity contribution is 0.0746. The first kappa shape index (κ1) is 17.8. The second kappa shape index (κ2) is 7.56. The second-order valence-electron chi connectivity index (χ2n) is 6.65. The van der Waals surface area contributed by atoms with E-state index in [0.29, 0.717) is 25.3 Å². The molecule has 0 aliphatic carbocycles. The maximum atomic E-state index is 12.8. The molecule has 27 heavy (non-hydrogen) atoms. The second-order valence-corrected chi connectivity index (χ2v) is 7.66. The van der Waals surface area contributed by atoms with Crippen molar-refractivity contribution in [1.82, 2.24) is 9.88 Å². The molecular formula is C21H23N3O2S. The van der Waals surface area contributed by atoms with Gasteiger partial charge < -0.3 is 14.5 Å². The molecule has 0 bridgehead atoms. The summed E-state index contributed by atoms with van der Waals surface area (Å²) in [6.07, 6.45) is 0. The summed E-state index contributed by atoms with van der Waals surface area (Å²) in [5.41, 5.74) is 3.01. The number of ether oxygens (including phenoxy) is 1. The van der Waals surface area contributed by atoms with Crippen LogP contribution >= 0.6 is 11.3 Å². The Kier molecular flexibility index (Phi) is 4.99. The number of piperazine rings is 1. The molecule has 1 aliphatic heterocycles. The summed E-state index contributed by atoms with van der Waals surface area (Å²) < 4.78 is 6.67. The van der Waals surface area contributed by atoms with Crippen molar-refractivity contribution >= 4 is 32.6 Å². The fourth-order valence-corrected chi connectivity index (χ4v) is 4.45. The SMILES string of the molecule is CCOc1ccc(C(=O)N2CCN(c3nc4c(C)cccc4s3)CC2)cc1. The number of carbonyl (C=O) groups excluding carboxylic acids is 1. The van der Waals surface area contributed by atoms with Gasteiger partial charge in [0.1, 0.15) is 5.75 Å². The number of rotatable bonds is 4. The highest BCUT2D eigenvalue weighted by Crippen LogP contribution is 2.31. The third kappa shape index (κ3) is 3.62. The molecule has 0 saturated carbocycles. The lowest BCUT2D eigenvalue weighted by Crippen LogP contribution is -2.48. The van der Waals surface area contributed by atoms with Crippen LogP contribution in [-0.2, 0) is 0 Å². The molecule has 6 heteroatoms. The predicted molar refractivity (Wildman–Crippen MR) is 110 cm³/mol. The lowest BCUT2D eigenvalue weighted by Gasteiger charge is -2.34. The van der Waals surface area contributed by atoms with E-state index in [0.717, 1.165) is 29.5 Å². The van der Waals surface area contributed by atoms with Gasteiger partial charge >= 0.3 is 0 Å². The zero-order chi connectivity index (χ0) is 18.8. The number of carbonyl (C=O) groups is 1. The summed E-state index contributed by atoms with van der Waals surface area (Å²) in [7, 11) is 0. The number of benzene rings is 2. The van der Waals surface area contributed by atoms with E-state index in [-0.39, 0.29) is 5.91 Å². The Morgan fingerprint density at radius 1 is 1.11 bits per heavy atom. The van der Waals surface area contributed by atoms with Gasteiger partial charge in [0, 0.05) is 31.7 Å². The van der Waals surface area contributed by atoms with Crippen LogP contribution in [0, 0.1) is 6.92 Å². The fraction of sp³-hybridized carbons (Fsp3) is 0.333. The first-order valence-corrected chi connectivity index (χ1v) is 10.1. The van der Waals surface area contributed by atoms with E-state index in [2.05, 4.69) is 30.0 Å². The van der Waals surface area contributed by atoms with Gasteiger partial charge in [-0.1, -0.05) is 23.5 Å². The Balaban J connectivity index is 1.41. The van der Waals surface area contributed by atoms with E-state index >= 15 is 0 Å². The van der Waals surface area contributed by atoms with Crippen molar-refractivity contribution in [2.24, 2.45) is 0 Å². The number of hydrogen-bond acceptors (Lipinski definition) is 5. The molecule has 1 aromatic heterocycles. The average Bonchev–Trinajstić information content (AvgIpc) is 3.14. The highest BCUT2D eigenvalue weighted by Gasteiger charge is 2.24. The van der Waals surface area contributed by atoms with Crippen LogP contribution in [0.3, 0.4) is 0 Å². The van der Waals surface area contributed by atoms with Gasteiger partial charge in [-0.2, -0.15) is 0 Å². The third-order valence-electron chi connectivity index (χ3n) is 4.86. The Hall–Kier alpha value is -2.60. The fourth-order valence-electron chi connectivity index (χ4n) is 3.35. The number of nitrogens with zero attached hydrogens (tertiary/aromatic N) is 3. The summed E-state index contributed by atoms with van der Waals surface area (Å²) in [6, 6.07) is 13.7. The van der Waals surface area contributed by atoms with Crippen LogP contribution in [0.1, 0.15) is 22.8 Å². The molecule has 0 atom stereocenters. The van der Waals surface area contributed by atoms with Crippen LogP contribution in [0.15, 0.2) is 42.5 Å². The lowest BCUT2D eigenvalue weighted by atomic mass is 10.1. The van der Waals surface area contributed by atoms with Crippen molar-refractivity contribution in [1.29, 1.82) is 0 Å². The maximum absolute atomic E-state index is 12.8. The van der Waals surface area contributed by atoms with Gasteiger partial charge in [-0.25, -0.2) is 4.98 Å². The minimum atomic E-state index is 0.0813. The summed E-state index contributed by atoms with van der Waals surface area (Å²) in [4.78, 5) is 21.8. The van der Waals surface area contributed by atoms with Crippen molar-refractivity contribution in [2.75, 3.05) is 37.7 Å². The molecule has 0 radical (unpaired) electrons. The van der Waals surface area contributed by atoms with Gasteiger partial charge in [0.05, 0.1) is 16.8 Å².